The van der Waals surface area contributed by atoms with Gasteiger partial charge in [-0.1, -0.05) is 19.4 Å². The van der Waals surface area contributed by atoms with Crippen molar-refractivity contribution in [3.63, 3.8) is 0 Å². The van der Waals surface area contributed by atoms with Crippen LogP contribution in [0.2, 0.25) is 0 Å². The van der Waals surface area contributed by atoms with Crippen LogP contribution in [0.25, 0.3) is 0 Å². The molecule has 0 bridgehead atoms. The lowest BCUT2D eigenvalue weighted by Gasteiger charge is -2.15. The lowest BCUT2D eigenvalue weighted by Crippen LogP contribution is -2.16. The molecule has 2 aromatic heterocycles. The van der Waals surface area contributed by atoms with Crippen LogP contribution in [0, 0.1) is 0 Å². The van der Waals surface area contributed by atoms with Gasteiger partial charge in [0.1, 0.15) is 5.69 Å². The van der Waals surface area contributed by atoms with Crippen molar-refractivity contribution in [1.82, 2.24) is 14.5 Å². The summed E-state index contributed by atoms with van der Waals surface area (Å²) in [6, 6.07) is 5.66. The minimum atomic E-state index is -0.335. The van der Waals surface area contributed by atoms with Gasteiger partial charge in [0.25, 0.3) is 0 Å². The molecule has 0 aliphatic carbocycles. The number of nitrogens with zero attached hydrogens (tertiary/aromatic N) is 3. The molecular formula is C15H19N3O2. The molecular weight excluding hydrogens is 254 g/mol. The van der Waals surface area contributed by atoms with Crippen molar-refractivity contribution in [2.24, 2.45) is 0 Å². The number of imidazole rings is 1. The van der Waals surface area contributed by atoms with Crippen molar-refractivity contribution >= 4 is 5.97 Å². The van der Waals surface area contributed by atoms with Crippen LogP contribution in [-0.2, 0) is 4.74 Å². The Balaban J connectivity index is 2.14. The molecule has 0 aliphatic heterocycles. The van der Waals surface area contributed by atoms with Gasteiger partial charge in [0.05, 0.1) is 30.9 Å². The van der Waals surface area contributed by atoms with E-state index >= 15 is 0 Å². The summed E-state index contributed by atoms with van der Waals surface area (Å²) in [5.74, 6) is -0.335. The second-order valence-corrected chi connectivity index (χ2v) is 4.61. The molecule has 0 aliphatic rings. The standard InChI is InChI=1S/C15H19N3O2/c1-3-4-9-20-15(19)14-10-16-11-18(14)12(2)13-7-5-6-8-17-13/h5-8,10-12H,3-4,9H2,1-2H3/t12-/m1/s1. The maximum absolute atomic E-state index is 12.0. The third-order valence-electron chi connectivity index (χ3n) is 3.14. The van der Waals surface area contributed by atoms with E-state index in [4.69, 9.17) is 4.74 Å². The van der Waals surface area contributed by atoms with Gasteiger partial charge in [0.2, 0.25) is 0 Å². The molecule has 0 saturated heterocycles. The summed E-state index contributed by atoms with van der Waals surface area (Å²) in [6.07, 6.45) is 6.78. The number of hydrogen-bond donors (Lipinski definition) is 0. The zero-order chi connectivity index (χ0) is 14.4. The van der Waals surface area contributed by atoms with Crippen molar-refractivity contribution in [3.05, 3.63) is 48.3 Å². The van der Waals surface area contributed by atoms with E-state index in [0.29, 0.717) is 12.3 Å². The number of rotatable bonds is 6. The van der Waals surface area contributed by atoms with E-state index in [1.54, 1.807) is 17.1 Å². The average Bonchev–Trinajstić information content (AvgIpc) is 2.97. The Kier molecular flexibility index (Phi) is 4.87. The molecule has 0 unspecified atom stereocenters. The molecule has 0 N–H and O–H groups in total. The number of esters is 1. The van der Waals surface area contributed by atoms with Crippen LogP contribution >= 0.6 is 0 Å². The normalized spacial score (nSPS) is 12.1. The quantitative estimate of drug-likeness (QED) is 0.600. The third kappa shape index (κ3) is 3.23. The summed E-state index contributed by atoms with van der Waals surface area (Å²) in [6.45, 7) is 4.48. The van der Waals surface area contributed by atoms with E-state index < -0.39 is 0 Å². The Bertz CT molecular complexity index is 551. The van der Waals surface area contributed by atoms with Crippen molar-refractivity contribution in [3.8, 4) is 0 Å². The molecule has 0 radical (unpaired) electrons. The summed E-state index contributed by atoms with van der Waals surface area (Å²) in [7, 11) is 0. The highest BCUT2D eigenvalue weighted by molar-refractivity contribution is 5.87. The van der Waals surface area contributed by atoms with Gasteiger partial charge < -0.3 is 9.30 Å². The lowest BCUT2D eigenvalue weighted by molar-refractivity contribution is 0.0486. The molecule has 2 heterocycles. The molecule has 0 fully saturated rings. The van der Waals surface area contributed by atoms with Crippen molar-refractivity contribution < 1.29 is 9.53 Å². The molecule has 0 spiro atoms. The fourth-order valence-corrected chi connectivity index (χ4v) is 1.92. The highest BCUT2D eigenvalue weighted by Gasteiger charge is 2.18. The van der Waals surface area contributed by atoms with Crippen molar-refractivity contribution in [2.45, 2.75) is 32.7 Å². The van der Waals surface area contributed by atoms with E-state index in [1.165, 1.54) is 6.20 Å². The number of carbonyl (C=O) groups is 1. The smallest absolute Gasteiger partial charge is 0.356 e. The number of ether oxygens (including phenoxy) is 1. The Hall–Kier alpha value is -2.17. The van der Waals surface area contributed by atoms with Crippen LogP contribution in [-0.4, -0.2) is 27.1 Å². The van der Waals surface area contributed by atoms with Crippen LogP contribution in [0.15, 0.2) is 36.9 Å². The number of hydrogen-bond acceptors (Lipinski definition) is 4. The van der Waals surface area contributed by atoms with Crippen LogP contribution in [0.5, 0.6) is 0 Å². The number of carbonyl (C=O) groups excluding carboxylic acids is 1. The topological polar surface area (TPSA) is 57.0 Å². The van der Waals surface area contributed by atoms with Gasteiger partial charge in [-0.3, -0.25) is 4.98 Å². The summed E-state index contributed by atoms with van der Waals surface area (Å²) in [5, 5.41) is 0. The molecule has 2 rings (SSSR count). The summed E-state index contributed by atoms with van der Waals surface area (Å²) in [4.78, 5) is 20.4. The van der Waals surface area contributed by atoms with E-state index in [2.05, 4.69) is 16.9 Å². The maximum Gasteiger partial charge on any atom is 0.356 e. The summed E-state index contributed by atoms with van der Waals surface area (Å²) in [5.41, 5.74) is 1.34. The molecule has 2 aromatic rings. The average molecular weight is 273 g/mol. The molecule has 0 amide bonds. The molecule has 5 nitrogen and oxygen atoms in total. The first kappa shape index (κ1) is 14.2. The van der Waals surface area contributed by atoms with Gasteiger partial charge in [-0.25, -0.2) is 9.78 Å². The molecule has 0 saturated carbocycles. The Labute approximate surface area is 118 Å². The van der Waals surface area contributed by atoms with Gasteiger partial charge >= 0.3 is 5.97 Å². The maximum atomic E-state index is 12.0. The molecule has 0 aromatic carbocycles. The highest BCUT2D eigenvalue weighted by atomic mass is 16.5. The predicted molar refractivity (Wildman–Crippen MR) is 75.5 cm³/mol. The van der Waals surface area contributed by atoms with Crippen LogP contribution in [0.1, 0.15) is 48.9 Å². The minimum absolute atomic E-state index is 0.0626. The monoisotopic (exact) mass is 273 g/mol. The fraction of sp³-hybridized carbons (Fsp3) is 0.400. The van der Waals surface area contributed by atoms with Crippen molar-refractivity contribution in [1.29, 1.82) is 0 Å². The number of pyridine rings is 1. The molecule has 106 valence electrons. The lowest BCUT2D eigenvalue weighted by atomic mass is 10.2. The van der Waals surface area contributed by atoms with E-state index in [-0.39, 0.29) is 12.0 Å². The fourth-order valence-electron chi connectivity index (χ4n) is 1.92. The molecule has 1 atom stereocenters. The van der Waals surface area contributed by atoms with Crippen LogP contribution in [0.4, 0.5) is 0 Å². The van der Waals surface area contributed by atoms with Crippen molar-refractivity contribution in [2.75, 3.05) is 6.61 Å². The van der Waals surface area contributed by atoms with E-state index in [0.717, 1.165) is 18.5 Å². The predicted octanol–water partition coefficient (Wildman–Crippen LogP) is 2.84. The Morgan fingerprint density at radius 1 is 1.45 bits per heavy atom. The third-order valence-corrected chi connectivity index (χ3v) is 3.14. The van der Waals surface area contributed by atoms with Crippen LogP contribution in [0.3, 0.4) is 0 Å². The van der Waals surface area contributed by atoms with Gasteiger partial charge in [0.15, 0.2) is 0 Å². The summed E-state index contributed by atoms with van der Waals surface area (Å²) >= 11 is 0. The van der Waals surface area contributed by atoms with Gasteiger partial charge in [0, 0.05) is 6.20 Å². The second-order valence-electron chi connectivity index (χ2n) is 4.61. The highest BCUT2D eigenvalue weighted by Crippen LogP contribution is 2.17. The van der Waals surface area contributed by atoms with E-state index in [9.17, 15) is 4.79 Å². The van der Waals surface area contributed by atoms with E-state index in [1.807, 2.05) is 25.1 Å². The molecule has 5 heteroatoms. The van der Waals surface area contributed by atoms with Crippen LogP contribution < -0.4 is 0 Å². The Morgan fingerprint density at radius 3 is 3.00 bits per heavy atom. The first-order valence-electron chi connectivity index (χ1n) is 6.84. The zero-order valence-corrected chi connectivity index (χ0v) is 11.8. The first-order chi connectivity index (χ1) is 9.74. The van der Waals surface area contributed by atoms with Gasteiger partial charge in [-0.2, -0.15) is 0 Å². The zero-order valence-electron chi connectivity index (χ0n) is 11.8. The number of aromatic nitrogens is 3. The summed E-state index contributed by atoms with van der Waals surface area (Å²) < 4.78 is 7.02. The van der Waals surface area contributed by atoms with Gasteiger partial charge in [-0.15, -0.1) is 0 Å². The SMILES string of the molecule is CCCCOC(=O)c1cncn1[C@H](C)c1ccccn1. The Morgan fingerprint density at radius 2 is 2.30 bits per heavy atom. The minimum Gasteiger partial charge on any atom is -0.461 e. The molecule has 20 heavy (non-hydrogen) atoms. The first-order valence-corrected chi connectivity index (χ1v) is 6.84. The number of unbranched alkanes of at least 4 members (excludes halogenated alkanes) is 1. The van der Waals surface area contributed by atoms with Gasteiger partial charge in [-0.05, 0) is 25.5 Å². The second kappa shape index (κ2) is 6.84. The largest absolute Gasteiger partial charge is 0.461 e.